The highest BCUT2D eigenvalue weighted by atomic mass is 127. The van der Waals surface area contributed by atoms with Gasteiger partial charge in [-0.3, -0.25) is 14.9 Å². The number of imide groups is 2. The van der Waals surface area contributed by atoms with Crippen LogP contribution in [0.25, 0.3) is 6.08 Å². The molecule has 1 saturated heterocycles. The van der Waals surface area contributed by atoms with Gasteiger partial charge in [-0.1, -0.05) is 30.3 Å². The van der Waals surface area contributed by atoms with E-state index in [1.165, 1.54) is 12.1 Å². The van der Waals surface area contributed by atoms with Crippen LogP contribution in [0.2, 0.25) is 5.02 Å². The molecule has 3 rings (SSSR count). The minimum atomic E-state index is -0.820. The van der Waals surface area contributed by atoms with Crippen LogP contribution in [0.3, 0.4) is 0 Å². The number of amides is 4. The molecule has 1 heterocycles. The molecule has 30 heavy (non-hydrogen) atoms. The van der Waals surface area contributed by atoms with Gasteiger partial charge in [0.25, 0.3) is 11.8 Å². The smallest absolute Gasteiger partial charge is 0.335 e. The Morgan fingerprint density at radius 2 is 1.83 bits per heavy atom. The van der Waals surface area contributed by atoms with Crippen molar-refractivity contribution in [1.29, 1.82) is 0 Å². The Bertz CT molecular complexity index is 1090. The number of hydrogen-bond donors (Lipinski definition) is 1. The summed E-state index contributed by atoms with van der Waals surface area (Å²) in [6, 6.07) is 7.57. The van der Waals surface area contributed by atoms with Gasteiger partial charge in [-0.15, -0.1) is 0 Å². The molecule has 0 atom stereocenters. The molecule has 0 unspecified atom stereocenters. The molecule has 154 valence electrons. The van der Waals surface area contributed by atoms with Crippen molar-refractivity contribution < 1.29 is 19.1 Å². The van der Waals surface area contributed by atoms with Crippen LogP contribution in [0.4, 0.5) is 10.5 Å². The lowest BCUT2D eigenvalue weighted by atomic mass is 10.1. The molecule has 0 bridgehead atoms. The van der Waals surface area contributed by atoms with E-state index in [1.54, 1.807) is 30.3 Å². The third-order valence-corrected chi connectivity index (χ3v) is 6.20. The van der Waals surface area contributed by atoms with Crippen LogP contribution in [0.15, 0.2) is 48.6 Å². The van der Waals surface area contributed by atoms with Crippen LogP contribution in [0.5, 0.6) is 5.75 Å². The lowest BCUT2D eigenvalue weighted by Crippen LogP contribution is -2.54. The predicted octanol–water partition coefficient (Wildman–Crippen LogP) is 5.09. The van der Waals surface area contributed by atoms with Gasteiger partial charge in [0, 0.05) is 5.02 Å². The Balaban J connectivity index is 2.00. The number of barbiturate groups is 1. The van der Waals surface area contributed by atoms with E-state index in [-0.39, 0.29) is 11.3 Å². The molecule has 0 saturated carbocycles. The van der Waals surface area contributed by atoms with Crippen LogP contribution in [0, 0.1) is 14.1 Å². The Kier molecular flexibility index (Phi) is 7.19. The summed E-state index contributed by atoms with van der Waals surface area (Å²) in [5.74, 6) is -0.777. The first kappa shape index (κ1) is 22.8. The van der Waals surface area contributed by atoms with Gasteiger partial charge in [0.1, 0.15) is 17.9 Å². The van der Waals surface area contributed by atoms with Crippen LogP contribution >= 0.6 is 56.8 Å². The van der Waals surface area contributed by atoms with Crippen molar-refractivity contribution in [2.45, 2.75) is 6.92 Å². The van der Waals surface area contributed by atoms with E-state index in [9.17, 15) is 14.4 Å². The molecule has 4 amide bonds. The van der Waals surface area contributed by atoms with Crippen molar-refractivity contribution in [3.8, 4) is 5.75 Å². The molecular weight excluding hydrogens is 634 g/mol. The number of ether oxygens (including phenoxy) is 1. The maximum absolute atomic E-state index is 13.0. The zero-order valence-corrected chi connectivity index (χ0v) is 20.7. The quantitative estimate of drug-likeness (QED) is 0.212. The van der Waals surface area contributed by atoms with Gasteiger partial charge in [-0.05, 0) is 93.6 Å². The summed E-state index contributed by atoms with van der Waals surface area (Å²) >= 11 is 10.4. The molecule has 9 heteroatoms. The van der Waals surface area contributed by atoms with E-state index in [0.29, 0.717) is 22.9 Å². The van der Waals surface area contributed by atoms with Crippen molar-refractivity contribution in [3.63, 3.8) is 0 Å². The van der Waals surface area contributed by atoms with E-state index in [2.05, 4.69) is 57.1 Å². The van der Waals surface area contributed by atoms with Crippen LogP contribution in [-0.4, -0.2) is 24.5 Å². The second kappa shape index (κ2) is 9.48. The second-order valence-corrected chi connectivity index (χ2v) is 9.04. The SMILES string of the molecule is C=CCOc1c(I)cc(/C=C2/C(=O)NC(=O)N(c3ccc(C)c(Cl)c3)C2=O)cc1I. The Labute approximate surface area is 205 Å². The standard InChI is InChI=1S/C21H15ClI2N2O4/c1-3-6-30-18-16(23)8-12(9-17(18)24)7-14-19(27)25-21(29)26(20(14)28)13-5-4-11(2)15(22)10-13/h3-5,7-10H,1,6H2,2H3,(H,25,27,29)/b14-7-. The lowest BCUT2D eigenvalue weighted by molar-refractivity contribution is -0.122. The van der Waals surface area contributed by atoms with E-state index < -0.39 is 17.8 Å². The maximum Gasteiger partial charge on any atom is 0.335 e. The van der Waals surface area contributed by atoms with E-state index in [4.69, 9.17) is 16.3 Å². The number of hydrogen-bond acceptors (Lipinski definition) is 4. The fourth-order valence-corrected chi connectivity index (χ4v) is 5.02. The highest BCUT2D eigenvalue weighted by Crippen LogP contribution is 2.31. The molecule has 1 N–H and O–H groups in total. The summed E-state index contributed by atoms with van der Waals surface area (Å²) in [5.41, 5.74) is 1.56. The molecule has 6 nitrogen and oxygen atoms in total. The van der Waals surface area contributed by atoms with Gasteiger partial charge in [0.15, 0.2) is 0 Å². The highest BCUT2D eigenvalue weighted by Gasteiger charge is 2.37. The van der Waals surface area contributed by atoms with Crippen molar-refractivity contribution in [1.82, 2.24) is 5.32 Å². The molecule has 0 radical (unpaired) electrons. The van der Waals surface area contributed by atoms with Gasteiger partial charge in [0.2, 0.25) is 0 Å². The monoisotopic (exact) mass is 648 g/mol. The van der Waals surface area contributed by atoms with Crippen LogP contribution in [0.1, 0.15) is 11.1 Å². The average Bonchev–Trinajstić information content (AvgIpc) is 2.67. The topological polar surface area (TPSA) is 75.7 Å². The summed E-state index contributed by atoms with van der Waals surface area (Å²) in [7, 11) is 0. The number of carbonyl (C=O) groups excluding carboxylic acids is 3. The fourth-order valence-electron chi connectivity index (χ4n) is 2.72. The zero-order chi connectivity index (χ0) is 22.0. The van der Waals surface area contributed by atoms with Gasteiger partial charge < -0.3 is 4.74 Å². The largest absolute Gasteiger partial charge is 0.487 e. The number of urea groups is 1. The van der Waals surface area contributed by atoms with Gasteiger partial charge >= 0.3 is 6.03 Å². The molecule has 2 aromatic rings. The average molecular weight is 649 g/mol. The summed E-state index contributed by atoms with van der Waals surface area (Å²) in [6.45, 7) is 5.81. The van der Waals surface area contributed by atoms with E-state index in [1.807, 2.05) is 6.92 Å². The molecular formula is C21H15ClI2N2O4. The minimum Gasteiger partial charge on any atom is -0.487 e. The summed E-state index contributed by atoms with van der Waals surface area (Å²) in [5, 5.41) is 2.62. The third-order valence-electron chi connectivity index (χ3n) is 4.19. The number of nitrogens with one attached hydrogen (secondary N) is 1. The number of aryl methyl sites for hydroxylation is 1. The van der Waals surface area contributed by atoms with Crippen LogP contribution < -0.4 is 15.0 Å². The first-order valence-corrected chi connectivity index (χ1v) is 11.2. The summed E-state index contributed by atoms with van der Waals surface area (Å²) in [6.07, 6.45) is 3.10. The number of nitrogens with zero attached hydrogens (tertiary/aromatic N) is 1. The van der Waals surface area contributed by atoms with Crippen molar-refractivity contribution >= 4 is 86.4 Å². The number of rotatable bonds is 5. The molecule has 1 aliphatic heterocycles. The van der Waals surface area contributed by atoms with E-state index >= 15 is 0 Å². The molecule has 1 fully saturated rings. The minimum absolute atomic E-state index is 0.155. The van der Waals surface area contributed by atoms with Gasteiger partial charge in [0.05, 0.1) is 12.8 Å². The highest BCUT2D eigenvalue weighted by molar-refractivity contribution is 14.1. The molecule has 1 aliphatic rings. The van der Waals surface area contributed by atoms with Crippen molar-refractivity contribution in [2.24, 2.45) is 0 Å². The first-order chi connectivity index (χ1) is 14.2. The van der Waals surface area contributed by atoms with Crippen molar-refractivity contribution in [2.75, 3.05) is 11.5 Å². The molecule has 2 aromatic carbocycles. The number of benzene rings is 2. The zero-order valence-electron chi connectivity index (χ0n) is 15.7. The van der Waals surface area contributed by atoms with Gasteiger partial charge in [-0.2, -0.15) is 0 Å². The Hall–Kier alpha value is -1.92. The molecule has 0 aromatic heterocycles. The number of carbonyl (C=O) groups is 3. The lowest BCUT2D eigenvalue weighted by Gasteiger charge is -2.26. The number of halogens is 3. The van der Waals surface area contributed by atoms with Gasteiger partial charge in [-0.25, -0.2) is 9.69 Å². The number of anilines is 1. The summed E-state index contributed by atoms with van der Waals surface area (Å²) < 4.78 is 7.28. The fraction of sp³-hybridized carbons (Fsp3) is 0.0952. The van der Waals surface area contributed by atoms with E-state index in [0.717, 1.165) is 17.6 Å². The molecule has 0 spiro atoms. The second-order valence-electron chi connectivity index (χ2n) is 6.30. The predicted molar refractivity (Wildman–Crippen MR) is 133 cm³/mol. The third kappa shape index (κ3) is 4.70. The Morgan fingerprint density at radius 1 is 1.17 bits per heavy atom. The summed E-state index contributed by atoms with van der Waals surface area (Å²) in [4.78, 5) is 38.6. The van der Waals surface area contributed by atoms with Crippen molar-refractivity contribution in [3.05, 3.63) is 71.8 Å². The Morgan fingerprint density at radius 3 is 2.43 bits per heavy atom. The first-order valence-electron chi connectivity index (χ1n) is 8.63. The maximum atomic E-state index is 13.0. The molecule has 0 aliphatic carbocycles. The normalized spacial score (nSPS) is 15.4. The van der Waals surface area contributed by atoms with Crippen LogP contribution in [-0.2, 0) is 9.59 Å².